The maximum Gasteiger partial charge on any atom is 0.422 e. The minimum Gasteiger partial charge on any atom is -0.483 e. The number of hydrogen-bond acceptors (Lipinski definition) is 5. The lowest BCUT2D eigenvalue weighted by Crippen LogP contribution is -2.40. The Balaban J connectivity index is 2.14. The summed E-state index contributed by atoms with van der Waals surface area (Å²) in [6.07, 6.45) is -4.55. The Morgan fingerprint density at radius 2 is 1.71 bits per heavy atom. The molecule has 0 aliphatic heterocycles. The van der Waals surface area contributed by atoms with Gasteiger partial charge >= 0.3 is 6.18 Å². The molecule has 2 rings (SSSR count). The summed E-state index contributed by atoms with van der Waals surface area (Å²) in [5.74, 6) is -0.862. The van der Waals surface area contributed by atoms with Crippen molar-refractivity contribution in [2.24, 2.45) is 0 Å². The molecule has 2 aromatic carbocycles. The Morgan fingerprint density at radius 3 is 2.23 bits per heavy atom. The van der Waals surface area contributed by atoms with Crippen LogP contribution in [0.15, 0.2) is 47.4 Å². The highest BCUT2D eigenvalue weighted by molar-refractivity contribution is 7.89. The van der Waals surface area contributed by atoms with E-state index in [0.29, 0.717) is 0 Å². The van der Waals surface area contributed by atoms with Gasteiger partial charge in [0, 0.05) is 16.8 Å². The summed E-state index contributed by atoms with van der Waals surface area (Å²) in [6, 6.07) is 10.5. The molecule has 7 nitrogen and oxygen atoms in total. The number of amides is 1. The lowest BCUT2D eigenvalue weighted by Gasteiger charge is -2.20. The van der Waals surface area contributed by atoms with E-state index in [0.717, 1.165) is 6.07 Å². The van der Waals surface area contributed by atoms with Crippen LogP contribution in [0.1, 0.15) is 36.7 Å². The van der Waals surface area contributed by atoms with Crippen LogP contribution < -0.4 is 14.8 Å². The second kappa shape index (κ2) is 8.95. The Hall–Kier alpha value is -3.10. The third-order valence-electron chi connectivity index (χ3n) is 3.62. The highest BCUT2D eigenvalue weighted by Crippen LogP contribution is 2.25. The van der Waals surface area contributed by atoms with Gasteiger partial charge in [-0.2, -0.15) is 18.4 Å². The third kappa shape index (κ3) is 7.27. The number of anilines is 1. The zero-order chi connectivity index (χ0) is 23.4. The Morgan fingerprint density at radius 1 is 1.10 bits per heavy atom. The van der Waals surface area contributed by atoms with Crippen molar-refractivity contribution in [2.75, 3.05) is 11.9 Å². The van der Waals surface area contributed by atoms with E-state index in [1.54, 1.807) is 26.8 Å². The SMILES string of the molecule is CC(C)(C)NS(=O)(=O)c1ccc(C(=O)Nc2ccc(OCC(F)(F)F)c(C#N)c2)cc1. The fourth-order valence-corrected chi connectivity index (χ4v) is 3.85. The lowest BCUT2D eigenvalue weighted by atomic mass is 10.1. The molecule has 166 valence electrons. The van der Waals surface area contributed by atoms with Gasteiger partial charge in [0.25, 0.3) is 5.91 Å². The van der Waals surface area contributed by atoms with Crippen molar-refractivity contribution in [1.29, 1.82) is 5.26 Å². The number of halogens is 3. The zero-order valence-electron chi connectivity index (χ0n) is 16.9. The van der Waals surface area contributed by atoms with E-state index >= 15 is 0 Å². The average Bonchev–Trinajstić information content (AvgIpc) is 2.64. The van der Waals surface area contributed by atoms with Crippen molar-refractivity contribution in [3.63, 3.8) is 0 Å². The van der Waals surface area contributed by atoms with Crippen molar-refractivity contribution in [3.8, 4) is 11.8 Å². The number of nitrogens with zero attached hydrogens (tertiary/aromatic N) is 1. The first-order valence-electron chi connectivity index (χ1n) is 8.89. The predicted octanol–water partition coefficient (Wildman–Crippen LogP) is 3.83. The minimum absolute atomic E-state index is 0.0168. The lowest BCUT2D eigenvalue weighted by molar-refractivity contribution is -0.153. The van der Waals surface area contributed by atoms with Gasteiger partial charge in [0.1, 0.15) is 11.8 Å². The first-order valence-corrected chi connectivity index (χ1v) is 10.4. The molecule has 11 heteroatoms. The van der Waals surface area contributed by atoms with E-state index in [1.807, 2.05) is 0 Å². The number of ether oxygens (including phenoxy) is 1. The fraction of sp³-hybridized carbons (Fsp3) is 0.300. The van der Waals surface area contributed by atoms with Gasteiger partial charge in [0.15, 0.2) is 6.61 Å². The zero-order valence-corrected chi connectivity index (χ0v) is 17.7. The molecule has 0 fully saturated rings. The van der Waals surface area contributed by atoms with Crippen molar-refractivity contribution in [3.05, 3.63) is 53.6 Å². The molecular formula is C20H20F3N3O4S. The number of rotatable bonds is 6. The highest BCUT2D eigenvalue weighted by atomic mass is 32.2. The van der Waals surface area contributed by atoms with E-state index in [2.05, 4.69) is 14.8 Å². The molecule has 0 aliphatic rings. The van der Waals surface area contributed by atoms with E-state index in [9.17, 15) is 26.4 Å². The van der Waals surface area contributed by atoms with Gasteiger partial charge in [0.05, 0.1) is 10.5 Å². The van der Waals surface area contributed by atoms with Gasteiger partial charge in [-0.3, -0.25) is 4.79 Å². The monoisotopic (exact) mass is 455 g/mol. The highest BCUT2D eigenvalue weighted by Gasteiger charge is 2.29. The average molecular weight is 455 g/mol. The molecule has 0 aromatic heterocycles. The van der Waals surface area contributed by atoms with Crippen LogP contribution in [0.5, 0.6) is 5.75 Å². The number of sulfonamides is 1. The molecular weight excluding hydrogens is 435 g/mol. The first-order chi connectivity index (χ1) is 14.2. The molecule has 0 bridgehead atoms. The Bertz CT molecular complexity index is 1100. The van der Waals surface area contributed by atoms with Crippen LogP contribution in [0.25, 0.3) is 0 Å². The number of nitriles is 1. The standard InChI is InChI=1S/C20H20F3N3O4S/c1-19(2,3)26-31(28,29)16-7-4-13(5-8-16)18(27)25-15-6-9-17(14(10-15)11-24)30-12-20(21,22)23/h4-10,26H,12H2,1-3H3,(H,25,27). The number of nitrogens with one attached hydrogen (secondary N) is 2. The second-order valence-electron chi connectivity index (χ2n) is 7.56. The van der Waals surface area contributed by atoms with Gasteiger partial charge < -0.3 is 10.1 Å². The molecule has 0 radical (unpaired) electrons. The van der Waals surface area contributed by atoms with E-state index < -0.39 is 34.3 Å². The maximum atomic E-state index is 12.4. The number of carbonyl (C=O) groups excluding carboxylic acids is 1. The van der Waals surface area contributed by atoms with Gasteiger partial charge in [0.2, 0.25) is 10.0 Å². The normalized spacial score (nSPS) is 12.2. The summed E-state index contributed by atoms with van der Waals surface area (Å²) in [5.41, 5.74) is -0.557. The number of benzene rings is 2. The van der Waals surface area contributed by atoms with Gasteiger partial charge in [-0.1, -0.05) is 0 Å². The Kier molecular flexibility index (Phi) is 6.98. The summed E-state index contributed by atoms with van der Waals surface area (Å²) in [5, 5.41) is 11.6. The van der Waals surface area contributed by atoms with Gasteiger partial charge in [-0.15, -0.1) is 0 Å². The summed E-state index contributed by atoms with van der Waals surface area (Å²) in [7, 11) is -3.76. The number of hydrogen-bond donors (Lipinski definition) is 2. The van der Waals surface area contributed by atoms with Crippen molar-refractivity contribution in [1.82, 2.24) is 4.72 Å². The van der Waals surface area contributed by atoms with Crippen LogP contribution >= 0.6 is 0 Å². The van der Waals surface area contributed by atoms with Crippen LogP contribution in [0, 0.1) is 11.3 Å². The molecule has 0 saturated carbocycles. The first kappa shape index (κ1) is 24.2. The fourth-order valence-electron chi connectivity index (χ4n) is 2.43. The largest absolute Gasteiger partial charge is 0.483 e. The second-order valence-corrected chi connectivity index (χ2v) is 9.24. The molecule has 0 heterocycles. The van der Waals surface area contributed by atoms with Crippen molar-refractivity contribution >= 4 is 21.6 Å². The van der Waals surface area contributed by atoms with Gasteiger partial charge in [-0.25, -0.2) is 13.1 Å². The summed E-state index contributed by atoms with van der Waals surface area (Å²) < 4.78 is 68.6. The van der Waals surface area contributed by atoms with Crippen molar-refractivity contribution in [2.45, 2.75) is 37.4 Å². The predicted molar refractivity (Wildman–Crippen MR) is 107 cm³/mol. The van der Waals surface area contributed by atoms with E-state index in [-0.39, 0.29) is 27.5 Å². The third-order valence-corrected chi connectivity index (χ3v) is 5.39. The maximum absolute atomic E-state index is 12.4. The molecule has 0 saturated heterocycles. The van der Waals surface area contributed by atoms with Crippen LogP contribution in [-0.2, 0) is 10.0 Å². The van der Waals surface area contributed by atoms with Crippen molar-refractivity contribution < 1.29 is 31.1 Å². The Labute approximate surface area is 177 Å². The smallest absolute Gasteiger partial charge is 0.422 e. The molecule has 1 amide bonds. The minimum atomic E-state index is -4.55. The van der Waals surface area contributed by atoms with Crippen LogP contribution in [-0.4, -0.2) is 32.6 Å². The number of alkyl halides is 3. The quantitative estimate of drug-likeness (QED) is 0.688. The summed E-state index contributed by atoms with van der Waals surface area (Å²) in [6.45, 7) is 3.54. The van der Waals surface area contributed by atoms with E-state index in [4.69, 9.17) is 5.26 Å². The molecule has 0 spiro atoms. The number of carbonyl (C=O) groups is 1. The molecule has 0 atom stereocenters. The molecule has 0 aliphatic carbocycles. The summed E-state index contributed by atoms with van der Waals surface area (Å²) in [4.78, 5) is 12.4. The summed E-state index contributed by atoms with van der Waals surface area (Å²) >= 11 is 0. The van der Waals surface area contributed by atoms with Crippen LogP contribution in [0.2, 0.25) is 0 Å². The topological polar surface area (TPSA) is 108 Å². The van der Waals surface area contributed by atoms with Gasteiger partial charge in [-0.05, 0) is 63.2 Å². The van der Waals surface area contributed by atoms with E-state index in [1.165, 1.54) is 36.4 Å². The molecule has 0 unspecified atom stereocenters. The molecule has 31 heavy (non-hydrogen) atoms. The van der Waals surface area contributed by atoms with Crippen LogP contribution in [0.4, 0.5) is 18.9 Å². The molecule has 2 N–H and O–H groups in total. The van der Waals surface area contributed by atoms with Crippen LogP contribution in [0.3, 0.4) is 0 Å². The molecule has 2 aromatic rings.